The molecule has 0 N–H and O–H groups in total. The van der Waals surface area contributed by atoms with E-state index < -0.39 is 0 Å². The van der Waals surface area contributed by atoms with Crippen molar-refractivity contribution in [1.29, 1.82) is 0 Å². The van der Waals surface area contributed by atoms with E-state index in [2.05, 4.69) is 10.1 Å². The van der Waals surface area contributed by atoms with Crippen LogP contribution in [0, 0.1) is 0 Å². The van der Waals surface area contributed by atoms with Crippen molar-refractivity contribution in [3.8, 4) is 5.75 Å². The number of rotatable bonds is 7. The molecule has 0 unspecified atom stereocenters. The van der Waals surface area contributed by atoms with Gasteiger partial charge in [0.1, 0.15) is 12.4 Å². The van der Waals surface area contributed by atoms with Crippen LogP contribution < -0.4 is 4.74 Å². The Morgan fingerprint density at radius 1 is 1.15 bits per heavy atom. The number of ether oxygens (including phenoxy) is 2. The fourth-order valence-electron chi connectivity index (χ4n) is 3.05. The Morgan fingerprint density at radius 2 is 1.92 bits per heavy atom. The molecule has 138 valence electrons. The van der Waals surface area contributed by atoms with E-state index >= 15 is 0 Å². The molecule has 4 rings (SSSR count). The van der Waals surface area contributed by atoms with Crippen LogP contribution in [0.5, 0.6) is 5.75 Å². The third kappa shape index (κ3) is 4.40. The van der Waals surface area contributed by atoms with E-state index in [0.717, 1.165) is 31.5 Å². The maximum atomic E-state index is 12.3. The summed E-state index contributed by atoms with van der Waals surface area (Å²) >= 11 is 0. The van der Waals surface area contributed by atoms with Crippen molar-refractivity contribution in [2.24, 2.45) is 0 Å². The molecule has 2 aliphatic rings. The highest BCUT2D eigenvalue weighted by atomic mass is 16.5. The highest BCUT2D eigenvalue weighted by Crippen LogP contribution is 2.38. The Balaban J connectivity index is 1.16. The van der Waals surface area contributed by atoms with Crippen LogP contribution >= 0.6 is 0 Å². The van der Waals surface area contributed by atoms with Crippen molar-refractivity contribution in [3.05, 3.63) is 42.0 Å². The van der Waals surface area contributed by atoms with Crippen molar-refractivity contribution < 1.29 is 18.8 Å². The monoisotopic (exact) mass is 357 g/mol. The number of hydrogen-bond donors (Lipinski definition) is 0. The Hall–Kier alpha value is -2.41. The summed E-state index contributed by atoms with van der Waals surface area (Å²) in [5, 5.41) is 3.99. The molecule has 1 aromatic heterocycles. The molecule has 1 aliphatic heterocycles. The summed E-state index contributed by atoms with van der Waals surface area (Å²) in [6, 6.07) is 9.39. The van der Waals surface area contributed by atoms with Crippen LogP contribution in [0.1, 0.15) is 43.3 Å². The molecule has 7 heteroatoms. The molecule has 1 aromatic carbocycles. The van der Waals surface area contributed by atoms with Crippen LogP contribution in [-0.4, -0.2) is 46.7 Å². The number of nitrogens with zero attached hydrogens (tertiary/aromatic N) is 3. The maximum Gasteiger partial charge on any atom is 0.260 e. The molecular formula is C19H23N3O4. The molecule has 26 heavy (non-hydrogen) atoms. The lowest BCUT2D eigenvalue weighted by Gasteiger charge is -2.31. The lowest BCUT2D eigenvalue weighted by atomic mass is 10.1. The molecule has 0 bridgehead atoms. The first-order valence-electron chi connectivity index (χ1n) is 9.17. The summed E-state index contributed by atoms with van der Waals surface area (Å²) in [5.74, 6) is 2.56. The number of aromatic nitrogens is 2. The maximum absolute atomic E-state index is 12.3. The smallest absolute Gasteiger partial charge is 0.260 e. The van der Waals surface area contributed by atoms with Crippen LogP contribution in [0.2, 0.25) is 0 Å². The number of piperidine rings is 1. The Bertz CT molecular complexity index is 721. The predicted octanol–water partition coefficient (Wildman–Crippen LogP) is 2.53. The van der Waals surface area contributed by atoms with E-state index in [9.17, 15) is 4.79 Å². The van der Waals surface area contributed by atoms with Gasteiger partial charge in [-0.25, -0.2) is 0 Å². The first-order valence-corrected chi connectivity index (χ1v) is 9.17. The van der Waals surface area contributed by atoms with Gasteiger partial charge in [-0.3, -0.25) is 4.79 Å². The van der Waals surface area contributed by atoms with E-state index in [1.54, 1.807) is 0 Å². The molecule has 0 radical (unpaired) electrons. The normalized spacial score (nSPS) is 18.1. The lowest BCUT2D eigenvalue weighted by Crippen LogP contribution is -2.42. The minimum atomic E-state index is 0.0123. The molecule has 1 amide bonds. The second kappa shape index (κ2) is 7.86. The Morgan fingerprint density at radius 3 is 2.65 bits per heavy atom. The molecule has 2 heterocycles. The number of carbonyl (C=O) groups excluding carboxylic acids is 1. The molecule has 7 nitrogen and oxygen atoms in total. The van der Waals surface area contributed by atoms with Gasteiger partial charge in [0.25, 0.3) is 11.8 Å². The summed E-state index contributed by atoms with van der Waals surface area (Å²) < 4.78 is 16.6. The Kier molecular flexibility index (Phi) is 5.15. The van der Waals surface area contributed by atoms with Crippen LogP contribution in [0.3, 0.4) is 0 Å². The van der Waals surface area contributed by atoms with Gasteiger partial charge in [-0.1, -0.05) is 23.4 Å². The molecule has 2 aromatic rings. The van der Waals surface area contributed by atoms with E-state index in [0.29, 0.717) is 37.3 Å². The molecular weight excluding hydrogens is 334 g/mol. The first-order chi connectivity index (χ1) is 12.8. The van der Waals surface area contributed by atoms with Gasteiger partial charge in [0.05, 0.1) is 6.10 Å². The fraction of sp³-hybridized carbons (Fsp3) is 0.526. The number of hydrogen-bond acceptors (Lipinski definition) is 6. The highest BCUT2D eigenvalue weighted by Gasteiger charge is 2.29. The number of amides is 1. The van der Waals surface area contributed by atoms with E-state index in [1.165, 1.54) is 0 Å². The standard InChI is InChI=1S/C19H23N3O4/c23-18(13-25-15-4-2-1-3-5-15)22-10-8-16(9-11-22)24-12-17-20-19(21-26-17)14-6-7-14/h1-5,14,16H,6-13H2. The summed E-state index contributed by atoms with van der Waals surface area (Å²) in [6.07, 6.45) is 4.03. The molecule has 0 atom stereocenters. The van der Waals surface area contributed by atoms with Crippen molar-refractivity contribution >= 4 is 5.91 Å². The second-order valence-corrected chi connectivity index (χ2v) is 6.81. The molecule has 1 aliphatic carbocycles. The summed E-state index contributed by atoms with van der Waals surface area (Å²) in [6.45, 7) is 1.77. The van der Waals surface area contributed by atoms with Crippen LogP contribution in [0.15, 0.2) is 34.9 Å². The van der Waals surface area contributed by atoms with E-state index in [4.69, 9.17) is 14.0 Å². The zero-order chi connectivity index (χ0) is 17.8. The van der Waals surface area contributed by atoms with Gasteiger partial charge in [-0.05, 0) is 37.8 Å². The van der Waals surface area contributed by atoms with Gasteiger partial charge in [-0.15, -0.1) is 0 Å². The van der Waals surface area contributed by atoms with Crippen molar-refractivity contribution in [1.82, 2.24) is 15.0 Å². The largest absolute Gasteiger partial charge is 0.484 e. The molecule has 1 saturated carbocycles. The molecule has 0 spiro atoms. The minimum Gasteiger partial charge on any atom is -0.484 e. The lowest BCUT2D eigenvalue weighted by molar-refractivity contribution is -0.136. The topological polar surface area (TPSA) is 77.7 Å². The minimum absolute atomic E-state index is 0.0123. The number of benzene rings is 1. The van der Waals surface area contributed by atoms with E-state index in [1.807, 2.05) is 35.2 Å². The zero-order valence-electron chi connectivity index (χ0n) is 14.7. The van der Waals surface area contributed by atoms with Crippen LogP contribution in [0.25, 0.3) is 0 Å². The van der Waals surface area contributed by atoms with Gasteiger partial charge in [0.2, 0.25) is 0 Å². The predicted molar refractivity (Wildman–Crippen MR) is 92.6 cm³/mol. The average molecular weight is 357 g/mol. The zero-order valence-corrected chi connectivity index (χ0v) is 14.7. The number of para-hydroxylation sites is 1. The van der Waals surface area contributed by atoms with E-state index in [-0.39, 0.29) is 18.6 Å². The van der Waals surface area contributed by atoms with Crippen molar-refractivity contribution in [2.45, 2.75) is 44.3 Å². The quantitative estimate of drug-likeness (QED) is 0.758. The first kappa shape index (κ1) is 17.0. The third-order valence-corrected chi connectivity index (χ3v) is 4.77. The molecule has 2 fully saturated rings. The third-order valence-electron chi connectivity index (χ3n) is 4.77. The van der Waals surface area contributed by atoms with Gasteiger partial charge in [0, 0.05) is 19.0 Å². The average Bonchev–Trinajstić information content (AvgIpc) is 3.44. The van der Waals surface area contributed by atoms with Gasteiger partial charge >= 0.3 is 0 Å². The summed E-state index contributed by atoms with van der Waals surface area (Å²) in [5.41, 5.74) is 0. The van der Waals surface area contributed by atoms with Crippen molar-refractivity contribution in [2.75, 3.05) is 19.7 Å². The van der Waals surface area contributed by atoms with Crippen molar-refractivity contribution in [3.63, 3.8) is 0 Å². The Labute approximate surface area is 152 Å². The SMILES string of the molecule is O=C(COc1ccccc1)N1CCC(OCc2nc(C3CC3)no2)CC1. The number of carbonyl (C=O) groups is 1. The fourth-order valence-corrected chi connectivity index (χ4v) is 3.05. The summed E-state index contributed by atoms with van der Waals surface area (Å²) in [4.78, 5) is 18.5. The highest BCUT2D eigenvalue weighted by molar-refractivity contribution is 5.77. The second-order valence-electron chi connectivity index (χ2n) is 6.81. The van der Waals surface area contributed by atoms with Gasteiger partial charge in [-0.2, -0.15) is 4.98 Å². The van der Waals surface area contributed by atoms with Gasteiger partial charge in [0.15, 0.2) is 12.4 Å². The van der Waals surface area contributed by atoms with Crippen LogP contribution in [0.4, 0.5) is 0 Å². The molecule has 1 saturated heterocycles. The van der Waals surface area contributed by atoms with Crippen LogP contribution in [-0.2, 0) is 16.1 Å². The van der Waals surface area contributed by atoms with Gasteiger partial charge < -0.3 is 18.9 Å². The summed E-state index contributed by atoms with van der Waals surface area (Å²) in [7, 11) is 0. The number of likely N-dealkylation sites (tertiary alicyclic amines) is 1.